The molecule has 7 N–H and O–H groups in total. The second kappa shape index (κ2) is 28.8. The van der Waals surface area contributed by atoms with Crippen LogP contribution in [0.2, 0.25) is 0 Å². The number of carbonyl (C=O) groups is 3. The molecule has 0 radical (unpaired) electrons. The van der Waals surface area contributed by atoms with Crippen LogP contribution >= 0.6 is 15.9 Å². The Balaban J connectivity index is 0.000000149. The highest BCUT2D eigenvalue weighted by Crippen LogP contribution is 2.23. The maximum atomic E-state index is 12.4. The number of benzene rings is 3. The molecular formula is C61H51BrF2N12O7. The van der Waals surface area contributed by atoms with Gasteiger partial charge in [0.05, 0.1) is 83.0 Å². The zero-order chi connectivity index (χ0) is 58.5. The molecule has 22 heteroatoms. The number of ether oxygens (including phenoxy) is 1. The maximum Gasteiger partial charge on any atom is 0.335 e. The predicted octanol–water partition coefficient (Wildman–Crippen LogP) is 11.8. The molecule has 12 aromatic rings. The van der Waals surface area contributed by atoms with Crippen LogP contribution in [0.5, 0.6) is 17.2 Å². The van der Waals surface area contributed by atoms with E-state index in [9.17, 15) is 28.3 Å². The average molecular weight is 1180 g/mol. The molecule has 0 fully saturated rings. The first kappa shape index (κ1) is 58.3. The number of halogens is 3. The maximum absolute atomic E-state index is 12.4. The minimum Gasteiger partial charge on any atom is -0.508 e. The van der Waals surface area contributed by atoms with Crippen molar-refractivity contribution in [1.82, 2.24) is 43.6 Å². The van der Waals surface area contributed by atoms with Crippen LogP contribution in [0.25, 0.3) is 50.2 Å². The van der Waals surface area contributed by atoms with Crippen LogP contribution in [0.3, 0.4) is 0 Å². The molecule has 0 aliphatic rings. The lowest BCUT2D eigenvalue weighted by Crippen LogP contribution is -2.12. The van der Waals surface area contributed by atoms with E-state index in [2.05, 4.69) is 56.5 Å². The van der Waals surface area contributed by atoms with Crippen molar-refractivity contribution in [3.63, 3.8) is 0 Å². The number of aromatic carboxylic acids is 1. The molecule has 0 bridgehead atoms. The van der Waals surface area contributed by atoms with Crippen LogP contribution in [0.1, 0.15) is 31.1 Å². The number of nitrogen functional groups attached to an aromatic ring is 1. The molecule has 418 valence electrons. The third-order valence-corrected chi connectivity index (χ3v) is 12.0. The SMILES string of the molecule is FCCBr.Nc1ccc(-n2ccc3ccncc32)nc1.O=C(Nc1ccc(-n2ccc3ccncc32)nc1)c1cccc(O)c1.O=C(Nc1ccc(-n2ccc3ccncc32)nc1)c1cccc(OCCF)c1.O=C(O)c1cccc(O)c1. The Morgan fingerprint density at radius 3 is 1.33 bits per heavy atom. The third kappa shape index (κ3) is 15.9. The Morgan fingerprint density at radius 2 is 0.940 bits per heavy atom. The molecule has 3 aromatic carbocycles. The van der Waals surface area contributed by atoms with Gasteiger partial charge >= 0.3 is 5.97 Å². The van der Waals surface area contributed by atoms with Gasteiger partial charge in [0.2, 0.25) is 0 Å². The summed E-state index contributed by atoms with van der Waals surface area (Å²) >= 11 is 2.87. The molecule has 0 saturated heterocycles. The number of rotatable bonds is 12. The van der Waals surface area contributed by atoms with Crippen LogP contribution in [0, 0.1) is 0 Å². The topological polar surface area (TPSA) is 263 Å². The summed E-state index contributed by atoms with van der Waals surface area (Å²) in [6.45, 7) is -0.888. The quantitative estimate of drug-likeness (QED) is 0.0622. The first-order chi connectivity index (χ1) is 40.4. The minimum atomic E-state index is -1.03. The summed E-state index contributed by atoms with van der Waals surface area (Å²) in [5.74, 6) is 1.15. The Labute approximate surface area is 481 Å². The second-order valence-corrected chi connectivity index (χ2v) is 18.2. The van der Waals surface area contributed by atoms with Gasteiger partial charge in [-0.05, 0) is 127 Å². The van der Waals surface area contributed by atoms with Crippen molar-refractivity contribution < 1.29 is 43.2 Å². The zero-order valence-corrected chi connectivity index (χ0v) is 45.4. The van der Waals surface area contributed by atoms with Gasteiger partial charge in [0.15, 0.2) is 0 Å². The summed E-state index contributed by atoms with van der Waals surface area (Å²) in [6.07, 6.45) is 21.3. The molecule has 9 aromatic heterocycles. The van der Waals surface area contributed by atoms with E-state index in [0.29, 0.717) is 39.3 Å². The van der Waals surface area contributed by atoms with Gasteiger partial charge in [-0.15, -0.1) is 0 Å². The number of phenols is 2. The number of aromatic hydroxyl groups is 2. The molecule has 0 spiro atoms. The van der Waals surface area contributed by atoms with Gasteiger partial charge < -0.3 is 36.4 Å². The number of alkyl halides is 3. The minimum absolute atomic E-state index is 0.0279. The fourth-order valence-corrected chi connectivity index (χ4v) is 7.84. The highest BCUT2D eigenvalue weighted by atomic mass is 79.9. The molecule has 0 saturated carbocycles. The lowest BCUT2D eigenvalue weighted by Gasteiger charge is -2.09. The predicted molar refractivity (Wildman–Crippen MR) is 318 cm³/mol. The van der Waals surface area contributed by atoms with Crippen molar-refractivity contribution in [2.75, 3.05) is 41.7 Å². The summed E-state index contributed by atoms with van der Waals surface area (Å²) < 4.78 is 34.0. The highest BCUT2D eigenvalue weighted by Gasteiger charge is 2.12. The molecule has 0 atom stereocenters. The average Bonchev–Trinajstić information content (AvgIpc) is 4.31. The fraction of sp³-hybridized carbons (Fsp3) is 0.0656. The van der Waals surface area contributed by atoms with E-state index >= 15 is 0 Å². The van der Waals surface area contributed by atoms with Gasteiger partial charge in [-0.25, -0.2) is 24.1 Å². The van der Waals surface area contributed by atoms with Gasteiger partial charge in [-0.3, -0.25) is 42.6 Å². The van der Waals surface area contributed by atoms with Crippen molar-refractivity contribution in [1.29, 1.82) is 0 Å². The van der Waals surface area contributed by atoms with Crippen LogP contribution in [0.4, 0.5) is 25.8 Å². The van der Waals surface area contributed by atoms with E-state index in [1.54, 1.807) is 98.1 Å². The number of carboxylic acids is 1. The van der Waals surface area contributed by atoms with Gasteiger partial charge in [0.1, 0.15) is 48.0 Å². The molecule has 0 unspecified atom stereocenters. The van der Waals surface area contributed by atoms with Gasteiger partial charge in [-0.2, -0.15) is 0 Å². The smallest absolute Gasteiger partial charge is 0.335 e. The number of hydrogen-bond acceptors (Lipinski definition) is 13. The number of nitrogens with one attached hydrogen (secondary N) is 2. The second-order valence-electron chi connectivity index (χ2n) is 17.4. The normalized spacial score (nSPS) is 10.4. The Kier molecular flexibility index (Phi) is 20.3. The first-order valence-electron chi connectivity index (χ1n) is 25.1. The van der Waals surface area contributed by atoms with Crippen LogP contribution in [-0.2, 0) is 0 Å². The number of fused-ring (bicyclic) bond motifs is 3. The summed E-state index contributed by atoms with van der Waals surface area (Å²) in [5, 5.41) is 36.0. The number of anilines is 3. The van der Waals surface area contributed by atoms with Crippen molar-refractivity contribution in [2.45, 2.75) is 0 Å². The highest BCUT2D eigenvalue weighted by molar-refractivity contribution is 9.09. The standard InChI is InChI=1S/C21H17FN4O2.C19H14N4O2.C12H10N4.C7H6O3.C2H4BrF/c22-8-11-28-18-3-1-2-16(12-18)21(27)25-17-4-5-20(24-13-17)26-10-7-15-6-9-23-14-19(15)26;24-16-3-1-2-14(10-16)19(25)22-15-4-5-18(21-11-15)23-9-7-13-6-8-20-12-17(13)23;13-10-1-2-12(15-7-10)16-6-4-9-3-5-14-8-11(9)16;8-6-3-1-2-5(4-6)7(9)10;3-1-2-4/h1-7,9-10,12-14H,8,11H2,(H,25,27);1-12,24H,(H,22,25);1-8H,13H2;1-4,8H,(H,9,10);1-2H2. The summed E-state index contributed by atoms with van der Waals surface area (Å²) in [6, 6.07) is 41.1. The van der Waals surface area contributed by atoms with Crippen molar-refractivity contribution in [3.8, 4) is 34.7 Å². The molecule has 9 heterocycles. The fourth-order valence-electron chi connectivity index (χ4n) is 7.84. The van der Waals surface area contributed by atoms with Crippen molar-refractivity contribution >= 4 is 83.5 Å². The molecule has 0 aliphatic carbocycles. The number of phenolic OH excluding ortho intramolecular Hbond substituents is 2. The van der Waals surface area contributed by atoms with E-state index in [1.165, 1.54) is 36.4 Å². The lowest BCUT2D eigenvalue weighted by atomic mass is 10.2. The largest absolute Gasteiger partial charge is 0.508 e. The molecule has 12 rings (SSSR count). The zero-order valence-electron chi connectivity index (χ0n) is 43.8. The Morgan fingerprint density at radius 1 is 0.518 bits per heavy atom. The van der Waals surface area contributed by atoms with E-state index < -0.39 is 12.6 Å². The van der Waals surface area contributed by atoms with Gasteiger partial charge in [-0.1, -0.05) is 34.1 Å². The van der Waals surface area contributed by atoms with Crippen LogP contribution in [-0.4, -0.2) is 102 Å². The number of aromatic nitrogens is 9. The van der Waals surface area contributed by atoms with Crippen molar-refractivity contribution in [2.24, 2.45) is 0 Å². The first-order valence-corrected chi connectivity index (χ1v) is 26.3. The van der Waals surface area contributed by atoms with E-state index in [4.69, 9.17) is 20.7 Å². The summed E-state index contributed by atoms with van der Waals surface area (Å²) in [7, 11) is 0. The Hall–Kier alpha value is -10.9. The van der Waals surface area contributed by atoms with Crippen LogP contribution < -0.4 is 21.1 Å². The molecule has 19 nitrogen and oxygen atoms in total. The van der Waals surface area contributed by atoms with Gasteiger partial charge in [0.25, 0.3) is 11.8 Å². The van der Waals surface area contributed by atoms with Crippen LogP contribution in [0.15, 0.2) is 220 Å². The molecular weight excluding hydrogens is 1130 g/mol. The number of nitrogens with two attached hydrogens (primary N) is 1. The molecule has 2 amide bonds. The van der Waals surface area contributed by atoms with E-state index in [-0.39, 0.29) is 42.2 Å². The summed E-state index contributed by atoms with van der Waals surface area (Å²) in [5.41, 5.74) is 11.3. The van der Waals surface area contributed by atoms with E-state index in [0.717, 1.165) is 50.2 Å². The monoisotopic (exact) mass is 1180 g/mol. The number of amides is 2. The van der Waals surface area contributed by atoms with Gasteiger partial charge in [0, 0.05) is 69.8 Å². The number of carboxylic acid groups (broad SMARTS) is 1. The van der Waals surface area contributed by atoms with E-state index in [1.807, 2.05) is 99.2 Å². The third-order valence-electron chi connectivity index (χ3n) is 11.7. The number of carbonyl (C=O) groups excluding carboxylic acids is 2. The lowest BCUT2D eigenvalue weighted by molar-refractivity contribution is 0.0696. The number of nitrogens with zero attached hydrogens (tertiary/aromatic N) is 9. The molecule has 0 aliphatic heterocycles. The van der Waals surface area contributed by atoms with Crippen molar-refractivity contribution in [3.05, 3.63) is 237 Å². The Bertz CT molecular complexity index is 4090. The number of hydrogen-bond donors (Lipinski definition) is 6. The summed E-state index contributed by atoms with van der Waals surface area (Å²) in [4.78, 5) is 60.4. The number of pyridine rings is 6. The molecule has 83 heavy (non-hydrogen) atoms.